The number of hydrogen-bond acceptors (Lipinski definition) is 3. The van der Waals surface area contributed by atoms with Gasteiger partial charge in [-0.2, -0.15) is 5.10 Å². The maximum atomic E-state index is 11.4. The number of aromatic nitrogens is 2. The maximum Gasteiger partial charge on any atom is 0.220 e. The lowest BCUT2D eigenvalue weighted by Gasteiger charge is -2.04. The van der Waals surface area contributed by atoms with Crippen molar-refractivity contribution < 1.29 is 4.79 Å². The van der Waals surface area contributed by atoms with Crippen LogP contribution in [-0.4, -0.2) is 29.3 Å². The van der Waals surface area contributed by atoms with Gasteiger partial charge in [0.15, 0.2) is 0 Å². The molecule has 0 atom stereocenters. The van der Waals surface area contributed by atoms with E-state index >= 15 is 0 Å². The van der Waals surface area contributed by atoms with E-state index in [1.807, 2.05) is 25.7 Å². The average Bonchev–Trinajstić information content (AvgIpc) is 2.58. The zero-order valence-electron chi connectivity index (χ0n) is 10.2. The molecule has 5 nitrogen and oxygen atoms in total. The van der Waals surface area contributed by atoms with E-state index < -0.39 is 0 Å². The predicted molar refractivity (Wildman–Crippen MR) is 63.0 cm³/mol. The van der Waals surface area contributed by atoms with Gasteiger partial charge in [-0.1, -0.05) is 0 Å². The molecular weight excluding hydrogens is 204 g/mol. The summed E-state index contributed by atoms with van der Waals surface area (Å²) in [6, 6.07) is 0. The Bertz CT molecular complexity index is 346. The molecule has 1 aromatic rings. The van der Waals surface area contributed by atoms with Crippen LogP contribution in [0.5, 0.6) is 0 Å². The smallest absolute Gasteiger partial charge is 0.220 e. The Morgan fingerprint density at radius 3 is 2.88 bits per heavy atom. The quantitative estimate of drug-likeness (QED) is 0.685. The third kappa shape index (κ3) is 3.66. The van der Waals surface area contributed by atoms with Gasteiger partial charge in [0, 0.05) is 31.3 Å². The van der Waals surface area contributed by atoms with Crippen molar-refractivity contribution in [3.8, 4) is 0 Å². The number of aryl methyl sites for hydroxylation is 1. The molecule has 0 saturated heterocycles. The van der Waals surface area contributed by atoms with Crippen molar-refractivity contribution in [2.75, 3.05) is 13.6 Å². The first-order valence-corrected chi connectivity index (χ1v) is 5.54. The highest BCUT2D eigenvalue weighted by Crippen LogP contribution is 2.04. The molecule has 0 radical (unpaired) electrons. The summed E-state index contributed by atoms with van der Waals surface area (Å²) in [5, 5.41) is 10.0. The predicted octanol–water partition coefficient (Wildman–Crippen LogP) is 0.344. The monoisotopic (exact) mass is 224 g/mol. The molecule has 16 heavy (non-hydrogen) atoms. The molecule has 5 heteroatoms. The molecule has 0 aliphatic heterocycles. The third-order valence-corrected chi connectivity index (χ3v) is 2.64. The van der Waals surface area contributed by atoms with Gasteiger partial charge in [0.25, 0.3) is 0 Å². The second-order valence-electron chi connectivity index (χ2n) is 3.86. The first-order valence-electron chi connectivity index (χ1n) is 5.54. The minimum absolute atomic E-state index is 0.0958. The lowest BCUT2D eigenvalue weighted by Crippen LogP contribution is -2.23. The van der Waals surface area contributed by atoms with Crippen LogP contribution in [0.3, 0.4) is 0 Å². The van der Waals surface area contributed by atoms with Crippen LogP contribution >= 0.6 is 0 Å². The molecule has 2 N–H and O–H groups in total. The topological polar surface area (TPSA) is 59.0 Å². The van der Waals surface area contributed by atoms with E-state index in [4.69, 9.17) is 0 Å². The van der Waals surface area contributed by atoms with Crippen molar-refractivity contribution in [1.29, 1.82) is 0 Å². The minimum Gasteiger partial charge on any atom is -0.352 e. The molecule has 1 rings (SSSR count). The van der Waals surface area contributed by atoms with E-state index in [0.29, 0.717) is 13.0 Å². The fourth-order valence-corrected chi connectivity index (χ4v) is 1.43. The zero-order valence-corrected chi connectivity index (χ0v) is 10.2. The Balaban J connectivity index is 2.29. The number of hydrogen-bond donors (Lipinski definition) is 2. The summed E-state index contributed by atoms with van der Waals surface area (Å²) in [6.45, 7) is 3.44. The van der Waals surface area contributed by atoms with E-state index in [-0.39, 0.29) is 5.91 Å². The molecule has 0 aliphatic carbocycles. The summed E-state index contributed by atoms with van der Waals surface area (Å²) >= 11 is 0. The van der Waals surface area contributed by atoms with Gasteiger partial charge >= 0.3 is 0 Å². The molecule has 0 aromatic carbocycles. The summed E-state index contributed by atoms with van der Waals surface area (Å²) in [4.78, 5) is 11.4. The van der Waals surface area contributed by atoms with Crippen molar-refractivity contribution in [3.05, 3.63) is 17.5 Å². The van der Waals surface area contributed by atoms with Crippen LogP contribution < -0.4 is 10.6 Å². The van der Waals surface area contributed by atoms with Crippen molar-refractivity contribution in [1.82, 2.24) is 20.4 Å². The number of carbonyl (C=O) groups excluding carboxylic acids is 1. The largest absolute Gasteiger partial charge is 0.352 e. The summed E-state index contributed by atoms with van der Waals surface area (Å²) in [6.07, 6.45) is 3.23. The number of nitrogens with zero attached hydrogens (tertiary/aromatic N) is 2. The van der Waals surface area contributed by atoms with Crippen LogP contribution in [0, 0.1) is 6.92 Å². The van der Waals surface area contributed by atoms with Gasteiger partial charge in [-0.05, 0) is 26.9 Å². The van der Waals surface area contributed by atoms with Gasteiger partial charge in [-0.15, -0.1) is 0 Å². The average molecular weight is 224 g/mol. The van der Waals surface area contributed by atoms with Crippen LogP contribution in [0.25, 0.3) is 0 Å². The molecule has 0 fully saturated rings. The van der Waals surface area contributed by atoms with Gasteiger partial charge in [-0.25, -0.2) is 0 Å². The van der Waals surface area contributed by atoms with Gasteiger partial charge in [0.2, 0.25) is 5.91 Å². The van der Waals surface area contributed by atoms with Crippen molar-refractivity contribution in [2.45, 2.75) is 26.3 Å². The Labute approximate surface area is 96.2 Å². The number of amides is 1. The van der Waals surface area contributed by atoms with E-state index in [1.54, 1.807) is 6.20 Å². The summed E-state index contributed by atoms with van der Waals surface area (Å²) < 4.78 is 1.81. The number of carbonyl (C=O) groups is 1. The van der Waals surface area contributed by atoms with Crippen LogP contribution in [0.15, 0.2) is 6.20 Å². The summed E-state index contributed by atoms with van der Waals surface area (Å²) in [5.74, 6) is 0.0958. The fourth-order valence-electron chi connectivity index (χ4n) is 1.43. The van der Waals surface area contributed by atoms with Gasteiger partial charge < -0.3 is 10.6 Å². The molecule has 0 saturated carbocycles. The molecule has 1 amide bonds. The fraction of sp³-hybridized carbons (Fsp3) is 0.636. The highest BCUT2D eigenvalue weighted by Gasteiger charge is 2.05. The highest BCUT2D eigenvalue weighted by molar-refractivity contribution is 5.75. The molecule has 0 spiro atoms. The summed E-state index contributed by atoms with van der Waals surface area (Å²) in [5.41, 5.74) is 2.17. The van der Waals surface area contributed by atoms with Crippen LogP contribution in [0.2, 0.25) is 0 Å². The third-order valence-electron chi connectivity index (χ3n) is 2.64. The van der Waals surface area contributed by atoms with Gasteiger partial charge in [-0.3, -0.25) is 9.48 Å². The Morgan fingerprint density at radius 2 is 2.31 bits per heavy atom. The Kier molecular flexibility index (Phi) is 4.98. The second-order valence-corrected chi connectivity index (χ2v) is 3.86. The van der Waals surface area contributed by atoms with Crippen molar-refractivity contribution in [3.63, 3.8) is 0 Å². The van der Waals surface area contributed by atoms with Crippen molar-refractivity contribution in [2.24, 2.45) is 7.05 Å². The Hall–Kier alpha value is -1.36. The normalized spacial score (nSPS) is 10.4. The van der Waals surface area contributed by atoms with Gasteiger partial charge in [0.1, 0.15) is 0 Å². The molecule has 90 valence electrons. The Morgan fingerprint density at radius 1 is 1.56 bits per heavy atom. The first kappa shape index (κ1) is 12.7. The minimum atomic E-state index is 0.0958. The van der Waals surface area contributed by atoms with Crippen LogP contribution in [0.1, 0.15) is 24.1 Å². The maximum absolute atomic E-state index is 11.4. The first-order chi connectivity index (χ1) is 7.65. The molecule has 1 heterocycles. The number of nitrogens with one attached hydrogen (secondary N) is 2. The number of rotatable bonds is 6. The molecular formula is C11H20N4O. The SMILES string of the molecule is CNCCCC(=O)NCc1cnn(C)c1C. The molecule has 0 bridgehead atoms. The lowest BCUT2D eigenvalue weighted by atomic mass is 10.2. The second kappa shape index (κ2) is 6.27. The van der Waals surface area contributed by atoms with Crippen LogP contribution in [0.4, 0.5) is 0 Å². The molecule has 0 unspecified atom stereocenters. The van der Waals surface area contributed by atoms with E-state index in [1.165, 1.54) is 0 Å². The van der Waals surface area contributed by atoms with Gasteiger partial charge in [0.05, 0.1) is 6.20 Å². The standard InChI is InChI=1S/C11H20N4O/c1-9-10(8-14-15(9)3)7-13-11(16)5-4-6-12-2/h8,12H,4-7H2,1-3H3,(H,13,16). The zero-order chi connectivity index (χ0) is 12.0. The lowest BCUT2D eigenvalue weighted by molar-refractivity contribution is -0.121. The van der Waals surface area contributed by atoms with E-state index in [2.05, 4.69) is 15.7 Å². The van der Waals surface area contributed by atoms with Crippen LogP contribution in [-0.2, 0) is 18.4 Å². The summed E-state index contributed by atoms with van der Waals surface area (Å²) in [7, 11) is 3.78. The van der Waals surface area contributed by atoms with Crippen molar-refractivity contribution >= 4 is 5.91 Å². The molecule has 0 aliphatic rings. The van der Waals surface area contributed by atoms with E-state index in [0.717, 1.165) is 24.2 Å². The molecule has 1 aromatic heterocycles. The van der Waals surface area contributed by atoms with E-state index in [9.17, 15) is 4.79 Å². The highest BCUT2D eigenvalue weighted by atomic mass is 16.1.